The van der Waals surface area contributed by atoms with Crippen molar-refractivity contribution in [2.75, 3.05) is 11.5 Å². The molecule has 0 radical (unpaired) electrons. The van der Waals surface area contributed by atoms with Crippen LogP contribution in [0, 0.1) is 0 Å². The highest BCUT2D eigenvalue weighted by Crippen LogP contribution is 2.43. The van der Waals surface area contributed by atoms with Crippen LogP contribution >= 0.6 is 11.6 Å². The van der Waals surface area contributed by atoms with Gasteiger partial charge in [-0.25, -0.2) is 4.79 Å². The molecule has 9 heteroatoms. The molecule has 2 N–H and O–H groups in total. The Bertz CT molecular complexity index is 1430. The summed E-state index contributed by atoms with van der Waals surface area (Å²) in [6.45, 7) is 5.55. The van der Waals surface area contributed by atoms with Crippen LogP contribution < -0.4 is 9.64 Å². The maximum Gasteiger partial charge on any atom is 0.338 e. The van der Waals surface area contributed by atoms with Crippen LogP contribution in [0.15, 0.2) is 72.3 Å². The fourth-order valence-corrected chi connectivity index (χ4v) is 4.38. The zero-order valence-electron chi connectivity index (χ0n) is 21.0. The van der Waals surface area contributed by atoms with Crippen LogP contribution in [0.5, 0.6) is 11.5 Å². The van der Waals surface area contributed by atoms with Crippen molar-refractivity contribution >= 4 is 40.7 Å². The highest BCUT2D eigenvalue weighted by molar-refractivity contribution is 6.51. The number of hydrogen-bond donors (Lipinski definition) is 2. The van der Waals surface area contributed by atoms with Crippen LogP contribution in [0.2, 0.25) is 5.02 Å². The Balaban J connectivity index is 1.89. The number of rotatable bonds is 7. The van der Waals surface area contributed by atoms with Gasteiger partial charge in [-0.3, -0.25) is 14.5 Å². The Morgan fingerprint density at radius 2 is 1.74 bits per heavy atom. The fourth-order valence-electron chi connectivity index (χ4n) is 4.21. The van der Waals surface area contributed by atoms with E-state index in [1.54, 1.807) is 51.1 Å². The Hall–Kier alpha value is -4.30. The molecule has 0 aliphatic carbocycles. The number of esters is 1. The average Bonchev–Trinajstić information content (AvgIpc) is 3.15. The van der Waals surface area contributed by atoms with Crippen molar-refractivity contribution < 1.29 is 34.1 Å². The molecule has 0 spiro atoms. The Morgan fingerprint density at radius 3 is 2.39 bits per heavy atom. The minimum Gasteiger partial charge on any atom is -0.508 e. The van der Waals surface area contributed by atoms with Gasteiger partial charge < -0.3 is 19.7 Å². The number of carbonyl (C=O) groups excluding carboxylic acids is 3. The molecule has 1 heterocycles. The van der Waals surface area contributed by atoms with Crippen molar-refractivity contribution in [3.05, 3.63) is 94.0 Å². The number of amides is 1. The van der Waals surface area contributed by atoms with E-state index in [1.165, 1.54) is 41.3 Å². The van der Waals surface area contributed by atoms with Gasteiger partial charge >= 0.3 is 5.97 Å². The van der Waals surface area contributed by atoms with Crippen molar-refractivity contribution in [2.45, 2.75) is 32.9 Å². The molecule has 1 fully saturated rings. The molecule has 1 atom stereocenters. The van der Waals surface area contributed by atoms with Crippen LogP contribution in [-0.4, -0.2) is 40.6 Å². The number of carbonyl (C=O) groups is 3. The summed E-state index contributed by atoms with van der Waals surface area (Å²) in [6.07, 6.45) is -0.349. The third-order valence-electron chi connectivity index (χ3n) is 5.86. The monoisotopic (exact) mass is 535 g/mol. The lowest BCUT2D eigenvalue weighted by molar-refractivity contribution is -0.132. The van der Waals surface area contributed by atoms with Gasteiger partial charge in [-0.05, 0) is 74.9 Å². The van der Waals surface area contributed by atoms with Crippen LogP contribution in [-0.2, 0) is 14.3 Å². The first-order chi connectivity index (χ1) is 18.1. The van der Waals surface area contributed by atoms with Gasteiger partial charge in [0, 0.05) is 11.3 Å². The molecular formula is C29H26ClNO7. The van der Waals surface area contributed by atoms with Gasteiger partial charge in [0.05, 0.1) is 34.9 Å². The number of benzene rings is 3. The Kier molecular flexibility index (Phi) is 7.73. The van der Waals surface area contributed by atoms with E-state index in [9.17, 15) is 24.6 Å². The van der Waals surface area contributed by atoms with Crippen molar-refractivity contribution in [3.63, 3.8) is 0 Å². The number of ether oxygens (including phenoxy) is 2. The number of anilines is 1. The molecule has 196 valence electrons. The maximum atomic E-state index is 13.4. The normalized spacial score (nSPS) is 16.7. The number of aromatic hydroxyl groups is 1. The van der Waals surface area contributed by atoms with Crippen LogP contribution in [0.25, 0.3) is 5.76 Å². The standard InChI is InChI=1S/C29H26ClNO7/c1-4-37-23-15-18(10-13-22(23)30)26(33)24-25(17-8-11-21(32)12-9-17)31(28(35)27(24)34)20-7-5-6-19(14-20)29(36)38-16(2)3/h5-16,25,32-33H,4H2,1-3H3/b26-24+. The summed E-state index contributed by atoms with van der Waals surface area (Å²) in [5, 5.41) is 21.5. The van der Waals surface area contributed by atoms with Gasteiger partial charge in [-0.2, -0.15) is 0 Å². The number of Topliss-reactive ketones (excluding diaryl/α,β-unsaturated/α-hetero) is 1. The number of halogens is 1. The van der Waals surface area contributed by atoms with E-state index in [2.05, 4.69) is 0 Å². The van der Waals surface area contributed by atoms with Gasteiger partial charge in [-0.1, -0.05) is 29.8 Å². The molecule has 1 saturated heterocycles. The lowest BCUT2D eigenvalue weighted by atomic mass is 9.95. The van der Waals surface area contributed by atoms with E-state index in [4.69, 9.17) is 21.1 Å². The van der Waals surface area contributed by atoms with E-state index in [-0.39, 0.29) is 34.2 Å². The smallest absolute Gasteiger partial charge is 0.338 e. The topological polar surface area (TPSA) is 113 Å². The SMILES string of the molecule is CCOc1cc(/C(O)=C2\C(=O)C(=O)N(c3cccc(C(=O)OC(C)C)c3)C2c2ccc(O)cc2)ccc1Cl. The molecule has 3 aromatic carbocycles. The summed E-state index contributed by atoms with van der Waals surface area (Å²) in [6, 6.07) is 15.6. The predicted octanol–water partition coefficient (Wildman–Crippen LogP) is 5.64. The first-order valence-corrected chi connectivity index (χ1v) is 12.3. The summed E-state index contributed by atoms with van der Waals surface area (Å²) in [4.78, 5) is 40.5. The Labute approximate surface area is 224 Å². The third kappa shape index (κ3) is 5.21. The van der Waals surface area contributed by atoms with E-state index in [0.717, 1.165) is 0 Å². The van der Waals surface area contributed by atoms with Crippen molar-refractivity contribution in [1.82, 2.24) is 0 Å². The van der Waals surface area contributed by atoms with Gasteiger partial charge in [0.2, 0.25) is 0 Å². The number of nitrogens with zero attached hydrogens (tertiary/aromatic N) is 1. The highest BCUT2D eigenvalue weighted by atomic mass is 35.5. The number of ketones is 1. The van der Waals surface area contributed by atoms with E-state index >= 15 is 0 Å². The number of phenols is 1. The average molecular weight is 536 g/mol. The fraction of sp³-hybridized carbons (Fsp3) is 0.207. The minimum absolute atomic E-state index is 0.0109. The summed E-state index contributed by atoms with van der Waals surface area (Å²) in [7, 11) is 0. The number of hydrogen-bond acceptors (Lipinski definition) is 7. The van der Waals surface area contributed by atoms with Gasteiger partial charge in [0.25, 0.3) is 11.7 Å². The second kappa shape index (κ2) is 11.0. The molecule has 1 aliphatic rings. The molecular weight excluding hydrogens is 510 g/mol. The lowest BCUT2D eigenvalue weighted by Crippen LogP contribution is -2.29. The van der Waals surface area contributed by atoms with Crippen LogP contribution in [0.1, 0.15) is 48.3 Å². The molecule has 1 aliphatic heterocycles. The molecule has 1 amide bonds. The second-order valence-electron chi connectivity index (χ2n) is 8.84. The summed E-state index contributed by atoms with van der Waals surface area (Å²) in [5.41, 5.74) is 0.974. The van der Waals surface area contributed by atoms with Crippen molar-refractivity contribution in [1.29, 1.82) is 0 Å². The summed E-state index contributed by atoms with van der Waals surface area (Å²) < 4.78 is 10.8. The highest BCUT2D eigenvalue weighted by Gasteiger charge is 2.47. The van der Waals surface area contributed by atoms with Gasteiger partial charge in [-0.15, -0.1) is 0 Å². The first-order valence-electron chi connectivity index (χ1n) is 12.0. The van der Waals surface area contributed by atoms with Gasteiger partial charge in [0.15, 0.2) is 0 Å². The largest absolute Gasteiger partial charge is 0.508 e. The first kappa shape index (κ1) is 26.8. The number of phenolic OH excluding ortho intramolecular Hbond substituents is 1. The van der Waals surface area contributed by atoms with Crippen molar-refractivity contribution in [3.8, 4) is 11.5 Å². The zero-order valence-corrected chi connectivity index (χ0v) is 21.7. The molecule has 3 aromatic rings. The maximum absolute atomic E-state index is 13.4. The van der Waals surface area contributed by atoms with E-state index < -0.39 is 29.5 Å². The number of aliphatic hydroxyl groups is 1. The summed E-state index contributed by atoms with van der Waals surface area (Å²) >= 11 is 6.19. The zero-order chi connectivity index (χ0) is 27.6. The third-order valence-corrected chi connectivity index (χ3v) is 6.17. The van der Waals surface area contributed by atoms with Gasteiger partial charge in [0.1, 0.15) is 17.3 Å². The summed E-state index contributed by atoms with van der Waals surface area (Å²) in [5.74, 6) is -2.50. The molecule has 1 unspecified atom stereocenters. The lowest BCUT2D eigenvalue weighted by Gasteiger charge is -2.26. The van der Waals surface area contributed by atoms with Crippen LogP contribution in [0.3, 0.4) is 0 Å². The molecule has 4 rings (SSSR count). The molecule has 38 heavy (non-hydrogen) atoms. The second-order valence-corrected chi connectivity index (χ2v) is 9.25. The minimum atomic E-state index is -1.06. The quantitative estimate of drug-likeness (QED) is 0.174. The van der Waals surface area contributed by atoms with E-state index in [1.807, 2.05) is 0 Å². The number of aliphatic hydroxyl groups excluding tert-OH is 1. The molecule has 8 nitrogen and oxygen atoms in total. The Morgan fingerprint density at radius 1 is 1.03 bits per heavy atom. The van der Waals surface area contributed by atoms with E-state index in [0.29, 0.717) is 22.9 Å². The molecule has 0 bridgehead atoms. The van der Waals surface area contributed by atoms with Crippen LogP contribution in [0.4, 0.5) is 5.69 Å². The predicted molar refractivity (Wildman–Crippen MR) is 143 cm³/mol. The van der Waals surface area contributed by atoms with Crippen molar-refractivity contribution in [2.24, 2.45) is 0 Å². The molecule has 0 aromatic heterocycles. The molecule has 0 saturated carbocycles.